The smallest absolute Gasteiger partial charge is 0.273 e. The number of carbonyl (C=O) groups excluding carboxylic acids is 1. The molecule has 0 atom stereocenters. The summed E-state index contributed by atoms with van der Waals surface area (Å²) in [6.07, 6.45) is 3.35. The zero-order chi connectivity index (χ0) is 22.1. The Hall–Kier alpha value is -3.54. The summed E-state index contributed by atoms with van der Waals surface area (Å²) >= 11 is 2.57. The molecule has 32 heavy (non-hydrogen) atoms. The lowest BCUT2D eigenvalue weighted by atomic mass is 10.2. The van der Waals surface area contributed by atoms with Crippen LogP contribution in [0.1, 0.15) is 10.5 Å². The van der Waals surface area contributed by atoms with Crippen LogP contribution in [0.25, 0.3) is 16.2 Å². The molecule has 0 spiro atoms. The van der Waals surface area contributed by atoms with Crippen molar-refractivity contribution < 1.29 is 13.2 Å². The van der Waals surface area contributed by atoms with Crippen LogP contribution in [0, 0.1) is 0 Å². The molecule has 0 unspecified atom stereocenters. The van der Waals surface area contributed by atoms with Crippen LogP contribution < -0.4 is 10.0 Å². The van der Waals surface area contributed by atoms with E-state index in [4.69, 9.17) is 0 Å². The monoisotopic (exact) mass is 481 g/mol. The molecule has 3 aromatic heterocycles. The highest BCUT2D eigenvalue weighted by molar-refractivity contribution is 7.93. The quantitative estimate of drug-likeness (QED) is 0.370. The summed E-state index contributed by atoms with van der Waals surface area (Å²) in [5, 5.41) is 6.51. The molecule has 11 heteroatoms. The topological polar surface area (TPSA) is 105 Å². The first kappa shape index (κ1) is 20.4. The summed E-state index contributed by atoms with van der Waals surface area (Å²) < 4.78 is 29.1. The van der Waals surface area contributed by atoms with Gasteiger partial charge in [0.2, 0.25) is 0 Å². The lowest BCUT2D eigenvalue weighted by molar-refractivity contribution is 0.102. The van der Waals surface area contributed by atoms with Gasteiger partial charge < -0.3 is 5.32 Å². The van der Waals surface area contributed by atoms with Crippen molar-refractivity contribution in [3.63, 3.8) is 0 Å². The SMILES string of the molecule is O=C(Nc1ccc(S(=O)(=O)Nc2nccs2)cc1)c1csc2nc(-c3ccccc3)cn12. The molecule has 0 aliphatic rings. The highest BCUT2D eigenvalue weighted by Gasteiger charge is 2.18. The summed E-state index contributed by atoms with van der Waals surface area (Å²) in [5.41, 5.74) is 2.68. The van der Waals surface area contributed by atoms with Gasteiger partial charge in [0.05, 0.1) is 10.6 Å². The van der Waals surface area contributed by atoms with Crippen molar-refractivity contribution in [3.8, 4) is 11.3 Å². The van der Waals surface area contributed by atoms with Gasteiger partial charge in [-0.05, 0) is 24.3 Å². The average Bonchev–Trinajstić information content (AvgIpc) is 3.52. The van der Waals surface area contributed by atoms with Gasteiger partial charge in [-0.1, -0.05) is 30.3 Å². The van der Waals surface area contributed by atoms with E-state index in [1.807, 2.05) is 36.5 Å². The molecule has 0 bridgehead atoms. The number of amides is 1. The Morgan fingerprint density at radius 1 is 1.00 bits per heavy atom. The number of fused-ring (bicyclic) bond motifs is 1. The number of hydrogen-bond donors (Lipinski definition) is 2. The van der Waals surface area contributed by atoms with Crippen molar-refractivity contribution in [3.05, 3.63) is 83.4 Å². The van der Waals surface area contributed by atoms with Crippen LogP contribution in [0.4, 0.5) is 10.8 Å². The third kappa shape index (κ3) is 4.00. The zero-order valence-corrected chi connectivity index (χ0v) is 18.7. The van der Waals surface area contributed by atoms with E-state index in [-0.39, 0.29) is 10.8 Å². The van der Waals surface area contributed by atoms with Gasteiger partial charge in [-0.3, -0.25) is 13.9 Å². The summed E-state index contributed by atoms with van der Waals surface area (Å²) in [6, 6.07) is 15.7. The minimum Gasteiger partial charge on any atom is -0.321 e. The van der Waals surface area contributed by atoms with E-state index in [0.29, 0.717) is 21.5 Å². The van der Waals surface area contributed by atoms with Crippen LogP contribution >= 0.6 is 22.7 Å². The Bertz CT molecular complexity index is 1490. The van der Waals surface area contributed by atoms with E-state index in [9.17, 15) is 13.2 Å². The van der Waals surface area contributed by atoms with E-state index >= 15 is 0 Å². The van der Waals surface area contributed by atoms with Gasteiger partial charge in [0.1, 0.15) is 5.69 Å². The second kappa shape index (κ2) is 8.19. The third-order valence-corrected chi connectivity index (χ3v) is 7.60. The Kier molecular flexibility index (Phi) is 5.21. The summed E-state index contributed by atoms with van der Waals surface area (Å²) in [6.45, 7) is 0. The molecule has 2 N–H and O–H groups in total. The maximum atomic E-state index is 12.8. The van der Waals surface area contributed by atoms with Crippen molar-refractivity contribution in [1.29, 1.82) is 0 Å². The predicted octanol–water partition coefficient (Wildman–Crippen LogP) is 4.57. The van der Waals surface area contributed by atoms with Crippen LogP contribution in [0.5, 0.6) is 0 Å². The molecule has 8 nitrogen and oxygen atoms in total. The van der Waals surface area contributed by atoms with Crippen LogP contribution in [-0.4, -0.2) is 28.7 Å². The standard InChI is InChI=1S/C21H15N5O3S3/c27-19(18-13-31-21-24-17(12-26(18)21)14-4-2-1-3-5-14)23-15-6-8-16(9-7-15)32(28,29)25-20-22-10-11-30-20/h1-13H,(H,22,25)(H,23,27). The molecule has 2 aromatic carbocycles. The predicted molar refractivity (Wildman–Crippen MR) is 126 cm³/mol. The van der Waals surface area contributed by atoms with E-state index in [2.05, 4.69) is 20.0 Å². The van der Waals surface area contributed by atoms with Crippen LogP contribution in [0.2, 0.25) is 0 Å². The number of aromatic nitrogens is 3. The van der Waals surface area contributed by atoms with Crippen LogP contribution in [0.3, 0.4) is 0 Å². The van der Waals surface area contributed by atoms with Gasteiger partial charge >= 0.3 is 0 Å². The van der Waals surface area contributed by atoms with Gasteiger partial charge in [-0.2, -0.15) is 0 Å². The molecule has 0 aliphatic carbocycles. The number of anilines is 2. The van der Waals surface area contributed by atoms with Crippen molar-refractivity contribution in [2.75, 3.05) is 10.0 Å². The molecular weight excluding hydrogens is 466 g/mol. The molecule has 0 fully saturated rings. The number of carbonyl (C=O) groups is 1. The van der Waals surface area contributed by atoms with Crippen molar-refractivity contribution >= 4 is 54.4 Å². The minimum atomic E-state index is -3.75. The fourth-order valence-corrected chi connectivity index (χ4v) is 5.70. The lowest BCUT2D eigenvalue weighted by Gasteiger charge is -2.07. The number of benzene rings is 2. The van der Waals surface area contributed by atoms with Crippen molar-refractivity contribution in [2.24, 2.45) is 0 Å². The first-order valence-electron chi connectivity index (χ1n) is 9.35. The second-order valence-corrected chi connectivity index (χ2v) is 10.1. The zero-order valence-electron chi connectivity index (χ0n) is 16.3. The van der Waals surface area contributed by atoms with E-state index < -0.39 is 10.0 Å². The molecule has 0 aliphatic heterocycles. The van der Waals surface area contributed by atoms with Gasteiger partial charge in [-0.25, -0.2) is 18.4 Å². The Morgan fingerprint density at radius 2 is 1.78 bits per heavy atom. The number of imidazole rings is 1. The number of nitrogens with one attached hydrogen (secondary N) is 2. The lowest BCUT2D eigenvalue weighted by Crippen LogP contribution is -2.15. The number of hydrogen-bond acceptors (Lipinski definition) is 7. The van der Waals surface area contributed by atoms with Gasteiger partial charge in [-0.15, -0.1) is 22.7 Å². The Balaban J connectivity index is 1.34. The fraction of sp³-hybridized carbons (Fsp3) is 0. The highest BCUT2D eigenvalue weighted by atomic mass is 32.2. The molecule has 1 amide bonds. The fourth-order valence-electron chi connectivity index (χ4n) is 3.06. The second-order valence-electron chi connectivity index (χ2n) is 6.69. The molecule has 0 radical (unpaired) electrons. The highest BCUT2D eigenvalue weighted by Crippen LogP contribution is 2.25. The van der Waals surface area contributed by atoms with E-state index in [1.165, 1.54) is 41.0 Å². The third-order valence-electron chi connectivity index (χ3n) is 4.59. The summed E-state index contributed by atoms with van der Waals surface area (Å²) in [5.74, 6) is -0.315. The Morgan fingerprint density at radius 3 is 2.50 bits per heavy atom. The van der Waals surface area contributed by atoms with Gasteiger partial charge in [0.25, 0.3) is 15.9 Å². The average molecular weight is 482 g/mol. The molecular formula is C21H15N5O3S3. The van der Waals surface area contributed by atoms with E-state index in [1.54, 1.807) is 27.3 Å². The number of nitrogens with zero attached hydrogens (tertiary/aromatic N) is 3. The van der Waals surface area contributed by atoms with Gasteiger partial charge in [0, 0.05) is 34.4 Å². The molecule has 0 saturated heterocycles. The van der Waals surface area contributed by atoms with Crippen molar-refractivity contribution in [1.82, 2.24) is 14.4 Å². The summed E-state index contributed by atoms with van der Waals surface area (Å²) in [7, 11) is -3.75. The first-order valence-corrected chi connectivity index (χ1v) is 12.6. The largest absolute Gasteiger partial charge is 0.321 e. The normalized spacial score (nSPS) is 11.5. The number of thiazole rings is 2. The van der Waals surface area contributed by atoms with E-state index in [0.717, 1.165) is 11.3 Å². The molecule has 3 heterocycles. The molecule has 160 valence electrons. The summed E-state index contributed by atoms with van der Waals surface area (Å²) in [4.78, 5) is 22.1. The first-order chi connectivity index (χ1) is 15.5. The molecule has 0 saturated carbocycles. The maximum Gasteiger partial charge on any atom is 0.273 e. The van der Waals surface area contributed by atoms with Crippen LogP contribution in [0.15, 0.2) is 82.6 Å². The van der Waals surface area contributed by atoms with Crippen molar-refractivity contribution in [2.45, 2.75) is 4.90 Å². The molecule has 5 rings (SSSR count). The molecule has 5 aromatic rings. The number of sulfonamides is 1. The minimum absolute atomic E-state index is 0.0748. The van der Waals surface area contributed by atoms with Gasteiger partial charge in [0.15, 0.2) is 10.1 Å². The number of rotatable bonds is 6. The van der Waals surface area contributed by atoms with Crippen LogP contribution in [-0.2, 0) is 10.0 Å². The Labute approximate surface area is 191 Å². The maximum absolute atomic E-state index is 12.8.